The summed E-state index contributed by atoms with van der Waals surface area (Å²) in [5.74, 6) is 0.110. The molecular weight excluding hydrogens is 376 g/mol. The van der Waals surface area contributed by atoms with Crippen molar-refractivity contribution in [3.8, 4) is 5.75 Å². The molecule has 0 bridgehead atoms. The standard InChI is InChI=1S/C21H18N2O4S/c1-28(25,26)20-9-5-4-8-18(20)23-21(24)13-27-14-10-11-16-15-6-2-3-7-17(15)22-19(16)12-14/h2-12,22H,13H2,1H3,(H,23,24). The van der Waals surface area contributed by atoms with Gasteiger partial charge in [-0.2, -0.15) is 0 Å². The Labute approximate surface area is 162 Å². The van der Waals surface area contributed by atoms with Crippen LogP contribution in [-0.2, 0) is 14.6 Å². The number of hydrogen-bond acceptors (Lipinski definition) is 4. The zero-order valence-electron chi connectivity index (χ0n) is 15.1. The molecule has 0 fully saturated rings. The molecule has 0 saturated heterocycles. The summed E-state index contributed by atoms with van der Waals surface area (Å²) in [6, 6.07) is 19.9. The van der Waals surface area contributed by atoms with Gasteiger partial charge in [0.2, 0.25) is 0 Å². The highest BCUT2D eigenvalue weighted by molar-refractivity contribution is 7.90. The zero-order valence-corrected chi connectivity index (χ0v) is 15.9. The van der Waals surface area contributed by atoms with Gasteiger partial charge in [0.25, 0.3) is 5.91 Å². The van der Waals surface area contributed by atoms with Gasteiger partial charge in [0, 0.05) is 28.6 Å². The van der Waals surface area contributed by atoms with Gasteiger partial charge in [0.1, 0.15) is 5.75 Å². The second-order valence-electron chi connectivity index (χ2n) is 6.48. The fourth-order valence-electron chi connectivity index (χ4n) is 3.15. The first-order valence-electron chi connectivity index (χ1n) is 8.64. The summed E-state index contributed by atoms with van der Waals surface area (Å²) in [5.41, 5.74) is 2.19. The van der Waals surface area contributed by atoms with Gasteiger partial charge >= 0.3 is 0 Å². The molecule has 4 aromatic rings. The average molecular weight is 394 g/mol. The Bertz CT molecular complexity index is 1290. The lowest BCUT2D eigenvalue weighted by Crippen LogP contribution is -2.21. The number of benzene rings is 3. The number of hydrogen-bond donors (Lipinski definition) is 2. The molecule has 0 saturated carbocycles. The third-order valence-corrected chi connectivity index (χ3v) is 5.56. The molecule has 2 N–H and O–H groups in total. The second-order valence-corrected chi connectivity index (χ2v) is 8.47. The third kappa shape index (κ3) is 3.57. The number of nitrogens with one attached hydrogen (secondary N) is 2. The van der Waals surface area contributed by atoms with Crippen LogP contribution in [0.4, 0.5) is 5.69 Å². The van der Waals surface area contributed by atoms with Crippen LogP contribution in [0, 0.1) is 0 Å². The molecule has 0 unspecified atom stereocenters. The van der Waals surface area contributed by atoms with E-state index in [1.165, 1.54) is 6.07 Å². The van der Waals surface area contributed by atoms with Gasteiger partial charge in [-0.15, -0.1) is 0 Å². The van der Waals surface area contributed by atoms with Crippen molar-refractivity contribution in [3.63, 3.8) is 0 Å². The van der Waals surface area contributed by atoms with Crippen LogP contribution >= 0.6 is 0 Å². The minimum atomic E-state index is -3.44. The van der Waals surface area contributed by atoms with E-state index in [1.807, 2.05) is 36.4 Å². The first kappa shape index (κ1) is 18.1. The van der Waals surface area contributed by atoms with Crippen LogP contribution in [0.5, 0.6) is 5.75 Å². The molecule has 0 spiro atoms. The van der Waals surface area contributed by atoms with E-state index in [1.54, 1.807) is 24.3 Å². The molecule has 142 valence electrons. The number of para-hydroxylation sites is 2. The predicted octanol–water partition coefficient (Wildman–Crippen LogP) is 3.74. The highest BCUT2D eigenvalue weighted by atomic mass is 32.2. The Kier molecular flexibility index (Phi) is 4.52. The monoisotopic (exact) mass is 394 g/mol. The van der Waals surface area contributed by atoms with E-state index >= 15 is 0 Å². The van der Waals surface area contributed by atoms with Crippen LogP contribution in [0.25, 0.3) is 21.8 Å². The molecule has 1 amide bonds. The van der Waals surface area contributed by atoms with E-state index in [9.17, 15) is 13.2 Å². The fraction of sp³-hybridized carbons (Fsp3) is 0.0952. The van der Waals surface area contributed by atoms with Crippen LogP contribution in [-0.4, -0.2) is 32.2 Å². The number of sulfone groups is 1. The summed E-state index contributed by atoms with van der Waals surface area (Å²) in [7, 11) is -3.44. The maximum Gasteiger partial charge on any atom is 0.262 e. The number of ether oxygens (including phenoxy) is 1. The Morgan fingerprint density at radius 1 is 0.964 bits per heavy atom. The lowest BCUT2D eigenvalue weighted by atomic mass is 10.1. The van der Waals surface area contributed by atoms with Gasteiger partial charge in [-0.3, -0.25) is 4.79 Å². The zero-order chi connectivity index (χ0) is 19.7. The molecule has 0 aliphatic rings. The molecule has 6 nitrogen and oxygen atoms in total. The van der Waals surface area contributed by atoms with Crippen molar-refractivity contribution in [1.82, 2.24) is 4.98 Å². The number of carbonyl (C=O) groups is 1. The molecule has 0 atom stereocenters. The van der Waals surface area contributed by atoms with Crippen molar-refractivity contribution in [2.75, 3.05) is 18.2 Å². The molecule has 28 heavy (non-hydrogen) atoms. The van der Waals surface area contributed by atoms with E-state index in [0.717, 1.165) is 28.1 Å². The Morgan fingerprint density at radius 2 is 1.68 bits per heavy atom. The molecule has 1 aromatic heterocycles. The molecule has 7 heteroatoms. The first-order valence-corrected chi connectivity index (χ1v) is 10.5. The molecular formula is C21H18N2O4S. The van der Waals surface area contributed by atoms with E-state index < -0.39 is 15.7 Å². The summed E-state index contributed by atoms with van der Waals surface area (Å²) < 4.78 is 29.2. The van der Waals surface area contributed by atoms with Gasteiger partial charge in [0.05, 0.1) is 16.1 Å². The Balaban J connectivity index is 1.49. The van der Waals surface area contributed by atoms with E-state index in [4.69, 9.17) is 4.74 Å². The number of fused-ring (bicyclic) bond motifs is 3. The number of rotatable bonds is 5. The molecule has 0 radical (unpaired) electrons. The topological polar surface area (TPSA) is 88.3 Å². The SMILES string of the molecule is CS(=O)(=O)c1ccccc1NC(=O)COc1ccc2c(c1)[nH]c1ccccc12. The fourth-order valence-corrected chi connectivity index (χ4v) is 4.00. The van der Waals surface area contributed by atoms with Crippen molar-refractivity contribution in [2.24, 2.45) is 0 Å². The van der Waals surface area contributed by atoms with Crippen molar-refractivity contribution >= 4 is 43.2 Å². The lowest BCUT2D eigenvalue weighted by molar-refractivity contribution is -0.118. The van der Waals surface area contributed by atoms with Crippen molar-refractivity contribution in [1.29, 1.82) is 0 Å². The maximum atomic E-state index is 12.2. The minimum Gasteiger partial charge on any atom is -0.484 e. The minimum absolute atomic E-state index is 0.0721. The molecule has 0 aliphatic carbocycles. The number of aromatic amines is 1. The quantitative estimate of drug-likeness (QED) is 0.540. The van der Waals surface area contributed by atoms with Crippen LogP contribution in [0.15, 0.2) is 71.6 Å². The predicted molar refractivity (Wildman–Crippen MR) is 109 cm³/mol. The lowest BCUT2D eigenvalue weighted by Gasteiger charge is -2.10. The van der Waals surface area contributed by atoms with Gasteiger partial charge in [-0.05, 0) is 30.3 Å². The van der Waals surface area contributed by atoms with Gasteiger partial charge in [-0.25, -0.2) is 8.42 Å². The summed E-state index contributed by atoms with van der Waals surface area (Å²) in [6.07, 6.45) is 1.10. The molecule has 1 heterocycles. The van der Waals surface area contributed by atoms with Gasteiger partial charge < -0.3 is 15.0 Å². The second kappa shape index (κ2) is 7.01. The highest BCUT2D eigenvalue weighted by Crippen LogP contribution is 2.28. The maximum absolute atomic E-state index is 12.2. The summed E-state index contributed by atoms with van der Waals surface area (Å²) in [4.78, 5) is 15.6. The summed E-state index contributed by atoms with van der Waals surface area (Å²) >= 11 is 0. The van der Waals surface area contributed by atoms with Crippen molar-refractivity contribution < 1.29 is 17.9 Å². The number of carbonyl (C=O) groups excluding carboxylic acids is 1. The largest absolute Gasteiger partial charge is 0.484 e. The summed E-state index contributed by atoms with van der Waals surface area (Å²) in [6.45, 7) is -0.232. The molecule has 4 rings (SSSR count). The number of amides is 1. The van der Waals surface area contributed by atoms with Crippen LogP contribution in [0.2, 0.25) is 0 Å². The van der Waals surface area contributed by atoms with E-state index in [2.05, 4.69) is 10.3 Å². The van der Waals surface area contributed by atoms with Crippen molar-refractivity contribution in [2.45, 2.75) is 4.90 Å². The normalized spacial score (nSPS) is 11.6. The number of aromatic nitrogens is 1. The van der Waals surface area contributed by atoms with Gasteiger partial charge in [0.15, 0.2) is 16.4 Å². The summed E-state index contributed by atoms with van der Waals surface area (Å²) in [5, 5.41) is 4.80. The van der Waals surface area contributed by atoms with E-state index in [0.29, 0.717) is 5.75 Å². The van der Waals surface area contributed by atoms with Crippen molar-refractivity contribution in [3.05, 3.63) is 66.7 Å². The highest BCUT2D eigenvalue weighted by Gasteiger charge is 2.15. The van der Waals surface area contributed by atoms with Crippen LogP contribution in [0.3, 0.4) is 0 Å². The van der Waals surface area contributed by atoms with E-state index in [-0.39, 0.29) is 17.2 Å². The number of anilines is 1. The molecule has 0 aliphatic heterocycles. The first-order chi connectivity index (χ1) is 13.4. The number of H-pyrrole nitrogens is 1. The Hall–Kier alpha value is -3.32. The van der Waals surface area contributed by atoms with Gasteiger partial charge in [-0.1, -0.05) is 30.3 Å². The van der Waals surface area contributed by atoms with Crippen LogP contribution < -0.4 is 10.1 Å². The van der Waals surface area contributed by atoms with Crippen LogP contribution in [0.1, 0.15) is 0 Å². The average Bonchev–Trinajstić information content (AvgIpc) is 3.04. The smallest absolute Gasteiger partial charge is 0.262 e. The Morgan fingerprint density at radius 3 is 2.50 bits per heavy atom. The molecule has 3 aromatic carbocycles. The third-order valence-electron chi connectivity index (χ3n) is 4.41.